The number of nitro benzene ring substituents is 1. The van der Waals surface area contributed by atoms with Crippen molar-refractivity contribution < 1.29 is 4.92 Å². The molecule has 6 heteroatoms. The number of rotatable bonds is 4. The minimum absolute atomic E-state index is 0.174. The normalized spacial score (nSPS) is 18.0. The highest BCUT2D eigenvalue weighted by Crippen LogP contribution is 2.25. The van der Waals surface area contributed by atoms with Crippen molar-refractivity contribution in [2.75, 3.05) is 6.54 Å². The van der Waals surface area contributed by atoms with E-state index >= 15 is 0 Å². The maximum absolute atomic E-state index is 11.0. The smallest absolute Gasteiger partial charge is 0.272 e. The second-order valence-electron chi connectivity index (χ2n) is 5.41. The molecule has 0 amide bonds. The van der Waals surface area contributed by atoms with E-state index in [0.717, 1.165) is 29.8 Å². The molecule has 1 atom stereocenters. The van der Waals surface area contributed by atoms with Gasteiger partial charge in [0.2, 0.25) is 0 Å². The molecular formula is C15H18N4O2. The number of hydrogen-bond acceptors (Lipinski definition) is 4. The molecule has 110 valence electrons. The molecule has 1 aromatic carbocycles. The Morgan fingerprint density at radius 2 is 2.38 bits per heavy atom. The fourth-order valence-electron chi connectivity index (χ4n) is 2.91. The average molecular weight is 286 g/mol. The first kappa shape index (κ1) is 13.8. The first-order chi connectivity index (χ1) is 10.2. The largest absolute Gasteiger partial charge is 0.329 e. The SMILES string of the molecule is Cc1c(Cn2cncc2[C@@H]2CCCN2)cccc1[N+](=O)[O-]. The van der Waals surface area contributed by atoms with Crippen molar-refractivity contribution in [3.8, 4) is 0 Å². The molecule has 0 radical (unpaired) electrons. The molecule has 1 N–H and O–H groups in total. The van der Waals surface area contributed by atoms with Gasteiger partial charge < -0.3 is 9.88 Å². The van der Waals surface area contributed by atoms with Crippen LogP contribution in [0.5, 0.6) is 0 Å². The van der Waals surface area contributed by atoms with Crippen LogP contribution in [0, 0.1) is 17.0 Å². The molecule has 1 aliphatic rings. The Bertz CT molecular complexity index is 659. The molecule has 0 aliphatic carbocycles. The summed E-state index contributed by atoms with van der Waals surface area (Å²) in [5.41, 5.74) is 3.01. The predicted molar refractivity (Wildman–Crippen MR) is 79.1 cm³/mol. The Kier molecular flexibility index (Phi) is 3.70. The fourth-order valence-corrected chi connectivity index (χ4v) is 2.91. The van der Waals surface area contributed by atoms with E-state index in [-0.39, 0.29) is 10.6 Å². The Balaban J connectivity index is 1.89. The maximum atomic E-state index is 11.0. The average Bonchev–Trinajstić information content (AvgIpc) is 3.11. The molecule has 1 fully saturated rings. The van der Waals surface area contributed by atoms with Crippen LogP contribution in [-0.2, 0) is 6.54 Å². The van der Waals surface area contributed by atoms with Crippen molar-refractivity contribution in [2.45, 2.75) is 32.4 Å². The lowest BCUT2D eigenvalue weighted by Gasteiger charge is -2.15. The molecule has 1 aliphatic heterocycles. The van der Waals surface area contributed by atoms with E-state index in [2.05, 4.69) is 14.9 Å². The molecule has 0 spiro atoms. The summed E-state index contributed by atoms with van der Waals surface area (Å²) < 4.78 is 2.08. The van der Waals surface area contributed by atoms with Crippen LogP contribution in [0.2, 0.25) is 0 Å². The minimum atomic E-state index is -0.327. The zero-order chi connectivity index (χ0) is 14.8. The van der Waals surface area contributed by atoms with Gasteiger partial charge in [-0.25, -0.2) is 4.98 Å². The Hall–Kier alpha value is -2.21. The first-order valence-corrected chi connectivity index (χ1v) is 7.13. The number of hydrogen-bond donors (Lipinski definition) is 1. The number of nitro groups is 1. The molecule has 1 saturated heterocycles. The first-order valence-electron chi connectivity index (χ1n) is 7.13. The van der Waals surface area contributed by atoms with Crippen LogP contribution in [-0.4, -0.2) is 21.0 Å². The molecule has 0 bridgehead atoms. The number of aromatic nitrogens is 2. The zero-order valence-electron chi connectivity index (χ0n) is 12.0. The molecular weight excluding hydrogens is 268 g/mol. The van der Waals surface area contributed by atoms with Gasteiger partial charge in [0.05, 0.1) is 16.9 Å². The van der Waals surface area contributed by atoms with Crippen molar-refractivity contribution in [1.29, 1.82) is 0 Å². The number of benzene rings is 1. The van der Waals surface area contributed by atoms with Crippen LogP contribution >= 0.6 is 0 Å². The number of nitrogens with one attached hydrogen (secondary N) is 1. The summed E-state index contributed by atoms with van der Waals surface area (Å²) in [6, 6.07) is 5.57. The van der Waals surface area contributed by atoms with E-state index in [1.165, 1.54) is 6.42 Å². The van der Waals surface area contributed by atoms with Gasteiger partial charge in [-0.2, -0.15) is 0 Å². The summed E-state index contributed by atoms with van der Waals surface area (Å²) in [4.78, 5) is 14.9. The second kappa shape index (κ2) is 5.65. The lowest BCUT2D eigenvalue weighted by Crippen LogP contribution is -2.17. The fraction of sp³-hybridized carbons (Fsp3) is 0.400. The summed E-state index contributed by atoms with van der Waals surface area (Å²) in [6.07, 6.45) is 5.97. The van der Waals surface area contributed by atoms with Crippen LogP contribution in [0.3, 0.4) is 0 Å². The zero-order valence-corrected chi connectivity index (χ0v) is 12.0. The molecule has 0 unspecified atom stereocenters. The lowest BCUT2D eigenvalue weighted by molar-refractivity contribution is -0.385. The predicted octanol–water partition coefficient (Wildman–Crippen LogP) is 2.57. The molecule has 21 heavy (non-hydrogen) atoms. The van der Waals surface area contributed by atoms with Crippen molar-refractivity contribution >= 4 is 5.69 Å². The minimum Gasteiger partial charge on any atom is -0.329 e. The van der Waals surface area contributed by atoms with Crippen LogP contribution < -0.4 is 5.32 Å². The highest BCUT2D eigenvalue weighted by molar-refractivity contribution is 5.44. The van der Waals surface area contributed by atoms with Crippen molar-refractivity contribution in [3.63, 3.8) is 0 Å². The third-order valence-corrected chi connectivity index (χ3v) is 4.12. The summed E-state index contributed by atoms with van der Waals surface area (Å²) in [6.45, 7) is 3.45. The third-order valence-electron chi connectivity index (χ3n) is 4.12. The van der Waals surface area contributed by atoms with Gasteiger partial charge in [-0.15, -0.1) is 0 Å². The second-order valence-corrected chi connectivity index (χ2v) is 5.41. The topological polar surface area (TPSA) is 73.0 Å². The van der Waals surface area contributed by atoms with Gasteiger partial charge in [0.25, 0.3) is 5.69 Å². The van der Waals surface area contributed by atoms with E-state index in [1.807, 2.05) is 12.3 Å². The summed E-state index contributed by atoms with van der Waals surface area (Å²) in [7, 11) is 0. The van der Waals surface area contributed by atoms with Crippen LogP contribution in [0.4, 0.5) is 5.69 Å². The monoisotopic (exact) mass is 286 g/mol. The maximum Gasteiger partial charge on any atom is 0.272 e. The van der Waals surface area contributed by atoms with Crippen LogP contribution in [0.25, 0.3) is 0 Å². The van der Waals surface area contributed by atoms with E-state index in [9.17, 15) is 10.1 Å². The van der Waals surface area contributed by atoms with Crippen molar-refractivity contribution in [3.05, 3.63) is 57.7 Å². The molecule has 6 nitrogen and oxygen atoms in total. The summed E-state index contributed by atoms with van der Waals surface area (Å²) in [5.74, 6) is 0. The highest BCUT2D eigenvalue weighted by atomic mass is 16.6. The molecule has 2 heterocycles. The van der Waals surface area contributed by atoms with E-state index < -0.39 is 0 Å². The summed E-state index contributed by atoms with van der Waals surface area (Å²) >= 11 is 0. The number of nitrogens with zero attached hydrogens (tertiary/aromatic N) is 3. The van der Waals surface area contributed by atoms with Gasteiger partial charge >= 0.3 is 0 Å². The van der Waals surface area contributed by atoms with Gasteiger partial charge in [0, 0.05) is 30.4 Å². The van der Waals surface area contributed by atoms with Gasteiger partial charge in [-0.05, 0) is 31.9 Å². The van der Waals surface area contributed by atoms with Gasteiger partial charge in [-0.3, -0.25) is 10.1 Å². The van der Waals surface area contributed by atoms with Crippen molar-refractivity contribution in [2.24, 2.45) is 0 Å². The quantitative estimate of drug-likeness (QED) is 0.692. The van der Waals surface area contributed by atoms with Gasteiger partial charge in [0.1, 0.15) is 0 Å². The third kappa shape index (κ3) is 2.67. The van der Waals surface area contributed by atoms with Gasteiger partial charge in [0.15, 0.2) is 0 Å². The highest BCUT2D eigenvalue weighted by Gasteiger charge is 2.20. The number of imidazole rings is 1. The van der Waals surface area contributed by atoms with Crippen molar-refractivity contribution in [1.82, 2.24) is 14.9 Å². The summed E-state index contributed by atoms with van der Waals surface area (Å²) in [5, 5.41) is 14.5. The van der Waals surface area contributed by atoms with Crippen LogP contribution in [0.1, 0.15) is 35.7 Å². The molecule has 1 aromatic heterocycles. The van der Waals surface area contributed by atoms with Gasteiger partial charge in [-0.1, -0.05) is 12.1 Å². The van der Waals surface area contributed by atoms with E-state index in [1.54, 1.807) is 25.4 Å². The van der Waals surface area contributed by atoms with E-state index in [0.29, 0.717) is 12.6 Å². The van der Waals surface area contributed by atoms with Crippen LogP contribution in [0.15, 0.2) is 30.7 Å². The molecule has 2 aromatic rings. The Morgan fingerprint density at radius 1 is 1.52 bits per heavy atom. The lowest BCUT2D eigenvalue weighted by atomic mass is 10.1. The van der Waals surface area contributed by atoms with E-state index in [4.69, 9.17) is 0 Å². The Morgan fingerprint density at radius 3 is 3.10 bits per heavy atom. The molecule has 3 rings (SSSR count). The molecule has 0 saturated carbocycles. The Labute approximate surface area is 123 Å². The standard InChI is InChI=1S/C15H18N4O2/c1-11-12(4-2-6-14(11)19(20)21)9-18-10-16-8-15(18)13-5-3-7-17-13/h2,4,6,8,10,13,17H,3,5,7,9H2,1H3/t13-/m0/s1.